The van der Waals surface area contributed by atoms with E-state index in [1.54, 1.807) is 0 Å². The highest BCUT2D eigenvalue weighted by atomic mass is 16.3. The van der Waals surface area contributed by atoms with Gasteiger partial charge in [-0.05, 0) is 69.4 Å². The number of furan rings is 1. The largest absolute Gasteiger partial charge is 0.455 e. The fraction of sp³-hybridized carbons (Fsp3) is 0. The van der Waals surface area contributed by atoms with Crippen molar-refractivity contribution in [2.75, 3.05) is 4.90 Å². The molecule has 0 unspecified atom stereocenters. The molecule has 1 heterocycles. The molecule has 0 spiro atoms. The number of rotatable bonds is 3. The first kappa shape index (κ1) is 21.0. The van der Waals surface area contributed by atoms with E-state index in [-0.39, 0.29) is 0 Å². The first-order valence-electron chi connectivity index (χ1n) is 12.9. The molecule has 0 saturated carbocycles. The van der Waals surface area contributed by atoms with E-state index in [4.69, 9.17) is 4.42 Å². The Hall–Kier alpha value is -5.08. The predicted molar refractivity (Wildman–Crippen MR) is 161 cm³/mol. The third-order valence-corrected chi connectivity index (χ3v) is 7.59. The quantitative estimate of drug-likeness (QED) is 0.247. The fourth-order valence-corrected chi connectivity index (χ4v) is 5.78. The number of fused-ring (bicyclic) bond motifs is 7. The van der Waals surface area contributed by atoms with E-state index in [9.17, 15) is 0 Å². The minimum absolute atomic E-state index is 0.889. The number of hydrogen-bond donors (Lipinski definition) is 0. The maximum atomic E-state index is 6.54. The Labute approximate surface area is 220 Å². The summed E-state index contributed by atoms with van der Waals surface area (Å²) in [4.78, 5) is 2.37. The van der Waals surface area contributed by atoms with Gasteiger partial charge in [0.25, 0.3) is 0 Å². The monoisotopic (exact) mass is 485 g/mol. The summed E-state index contributed by atoms with van der Waals surface area (Å²) in [5, 5.41) is 9.45. The molecule has 38 heavy (non-hydrogen) atoms. The minimum atomic E-state index is 0.889. The van der Waals surface area contributed by atoms with Crippen LogP contribution in [0.1, 0.15) is 0 Å². The molecular weight excluding hydrogens is 462 g/mol. The third kappa shape index (κ3) is 3.21. The van der Waals surface area contributed by atoms with Crippen LogP contribution in [0, 0.1) is 0 Å². The molecule has 0 bridgehead atoms. The van der Waals surface area contributed by atoms with Crippen molar-refractivity contribution >= 4 is 71.3 Å². The lowest BCUT2D eigenvalue weighted by Gasteiger charge is -2.27. The maximum absolute atomic E-state index is 6.54. The molecule has 1 aromatic heterocycles. The highest BCUT2D eigenvalue weighted by Crippen LogP contribution is 2.45. The van der Waals surface area contributed by atoms with E-state index in [2.05, 4.69) is 144 Å². The lowest BCUT2D eigenvalue weighted by atomic mass is 10.0. The second kappa shape index (κ2) is 8.22. The summed E-state index contributed by atoms with van der Waals surface area (Å²) in [7, 11) is 0. The van der Waals surface area contributed by atoms with Crippen LogP contribution in [-0.2, 0) is 0 Å². The molecule has 0 N–H and O–H groups in total. The Morgan fingerprint density at radius 1 is 0.421 bits per heavy atom. The lowest BCUT2D eigenvalue weighted by molar-refractivity contribution is 0.672. The van der Waals surface area contributed by atoms with Crippen molar-refractivity contribution in [3.63, 3.8) is 0 Å². The summed E-state index contributed by atoms with van der Waals surface area (Å²) in [5.74, 6) is 0. The van der Waals surface area contributed by atoms with Crippen molar-refractivity contribution in [3.05, 3.63) is 140 Å². The summed E-state index contributed by atoms with van der Waals surface area (Å²) in [6, 6.07) is 49.7. The van der Waals surface area contributed by atoms with Crippen LogP contribution in [-0.4, -0.2) is 0 Å². The highest BCUT2D eigenvalue weighted by Gasteiger charge is 2.20. The molecule has 0 amide bonds. The second-order valence-corrected chi connectivity index (χ2v) is 9.81. The first-order valence-corrected chi connectivity index (χ1v) is 12.9. The highest BCUT2D eigenvalue weighted by molar-refractivity contribution is 6.19. The minimum Gasteiger partial charge on any atom is -0.455 e. The van der Waals surface area contributed by atoms with Gasteiger partial charge in [-0.15, -0.1) is 0 Å². The maximum Gasteiger partial charge on any atom is 0.143 e. The molecule has 0 fully saturated rings. The molecule has 0 aliphatic heterocycles. The zero-order valence-electron chi connectivity index (χ0n) is 20.6. The normalized spacial score (nSPS) is 11.7. The Kier molecular flexibility index (Phi) is 4.55. The van der Waals surface area contributed by atoms with Gasteiger partial charge >= 0.3 is 0 Å². The van der Waals surface area contributed by atoms with Crippen LogP contribution >= 0.6 is 0 Å². The van der Waals surface area contributed by atoms with Crippen LogP contribution in [0.3, 0.4) is 0 Å². The Morgan fingerprint density at radius 3 is 1.68 bits per heavy atom. The molecule has 2 nitrogen and oxygen atoms in total. The van der Waals surface area contributed by atoms with E-state index < -0.39 is 0 Å². The number of anilines is 3. The Balaban J connectivity index is 1.45. The summed E-state index contributed by atoms with van der Waals surface area (Å²) >= 11 is 0. The van der Waals surface area contributed by atoms with Crippen LogP contribution in [0.25, 0.3) is 54.3 Å². The first-order chi connectivity index (χ1) is 18.8. The van der Waals surface area contributed by atoms with E-state index in [1.165, 1.54) is 26.9 Å². The van der Waals surface area contributed by atoms with Crippen molar-refractivity contribution in [1.82, 2.24) is 0 Å². The van der Waals surface area contributed by atoms with E-state index >= 15 is 0 Å². The fourth-order valence-electron chi connectivity index (χ4n) is 5.78. The van der Waals surface area contributed by atoms with Crippen molar-refractivity contribution in [1.29, 1.82) is 0 Å². The number of hydrogen-bond acceptors (Lipinski definition) is 2. The molecular formula is C36H23NO. The molecule has 0 saturated heterocycles. The smallest absolute Gasteiger partial charge is 0.143 e. The van der Waals surface area contributed by atoms with Crippen molar-refractivity contribution in [2.45, 2.75) is 0 Å². The number of nitrogens with zero attached hydrogens (tertiary/aromatic N) is 1. The summed E-state index contributed by atoms with van der Waals surface area (Å²) in [6.07, 6.45) is 0. The van der Waals surface area contributed by atoms with Gasteiger partial charge in [-0.25, -0.2) is 0 Å². The average Bonchev–Trinajstić information content (AvgIpc) is 3.37. The molecule has 2 heteroatoms. The van der Waals surface area contributed by atoms with E-state index in [0.29, 0.717) is 0 Å². The Morgan fingerprint density at radius 2 is 1.00 bits per heavy atom. The standard InChI is InChI=1S/C36H23NO/c1-3-11-27-22-29(19-16-24(27)8-1)37(30-20-17-25-9-2-4-12-28(25)23-30)33-14-7-15-34-35(33)32-21-18-26-10-5-6-13-31(26)36(32)38-34/h1-23H. The zero-order chi connectivity index (χ0) is 25.1. The van der Waals surface area contributed by atoms with E-state index in [0.717, 1.165) is 44.4 Å². The van der Waals surface area contributed by atoms with Crippen LogP contribution in [0.2, 0.25) is 0 Å². The van der Waals surface area contributed by atoms with Gasteiger partial charge in [-0.1, -0.05) is 97.1 Å². The van der Waals surface area contributed by atoms with E-state index in [1.807, 2.05) is 0 Å². The molecule has 0 aliphatic carbocycles. The van der Waals surface area contributed by atoms with Gasteiger partial charge in [0.05, 0.1) is 11.1 Å². The molecule has 8 aromatic rings. The Bertz CT molecular complexity index is 2070. The van der Waals surface area contributed by atoms with Crippen LogP contribution in [0.15, 0.2) is 144 Å². The molecule has 178 valence electrons. The molecule has 0 radical (unpaired) electrons. The van der Waals surface area contributed by atoms with Crippen LogP contribution in [0.5, 0.6) is 0 Å². The van der Waals surface area contributed by atoms with Crippen molar-refractivity contribution in [2.24, 2.45) is 0 Å². The molecule has 7 aromatic carbocycles. The van der Waals surface area contributed by atoms with Crippen LogP contribution in [0.4, 0.5) is 17.1 Å². The van der Waals surface area contributed by atoms with Gasteiger partial charge in [0.1, 0.15) is 11.2 Å². The zero-order valence-corrected chi connectivity index (χ0v) is 20.6. The predicted octanol–water partition coefficient (Wildman–Crippen LogP) is 10.5. The summed E-state index contributed by atoms with van der Waals surface area (Å²) in [6.45, 7) is 0. The molecule has 0 aliphatic rings. The third-order valence-electron chi connectivity index (χ3n) is 7.59. The topological polar surface area (TPSA) is 16.4 Å². The van der Waals surface area contributed by atoms with Gasteiger partial charge in [-0.3, -0.25) is 0 Å². The summed E-state index contributed by atoms with van der Waals surface area (Å²) in [5.41, 5.74) is 5.15. The second-order valence-electron chi connectivity index (χ2n) is 9.81. The average molecular weight is 486 g/mol. The van der Waals surface area contributed by atoms with Crippen LogP contribution < -0.4 is 4.90 Å². The van der Waals surface area contributed by atoms with Gasteiger partial charge < -0.3 is 9.32 Å². The SMILES string of the molecule is c1ccc2cc(N(c3ccc4ccccc4c3)c3cccc4oc5c6ccccc6ccc5c34)ccc2c1. The van der Waals surface area contributed by atoms with Crippen molar-refractivity contribution < 1.29 is 4.42 Å². The lowest BCUT2D eigenvalue weighted by Crippen LogP contribution is -2.10. The van der Waals surface area contributed by atoms with Gasteiger partial charge in [0, 0.05) is 22.1 Å². The van der Waals surface area contributed by atoms with Gasteiger partial charge in [-0.2, -0.15) is 0 Å². The number of benzene rings is 7. The van der Waals surface area contributed by atoms with Gasteiger partial charge in [0.15, 0.2) is 0 Å². The molecule has 0 atom stereocenters. The summed E-state index contributed by atoms with van der Waals surface area (Å²) < 4.78 is 6.54. The van der Waals surface area contributed by atoms with Crippen molar-refractivity contribution in [3.8, 4) is 0 Å². The molecule has 8 rings (SSSR count). The van der Waals surface area contributed by atoms with Gasteiger partial charge in [0.2, 0.25) is 0 Å².